The van der Waals surface area contributed by atoms with Gasteiger partial charge in [-0.2, -0.15) is 5.10 Å². The highest BCUT2D eigenvalue weighted by molar-refractivity contribution is 7.12. The fourth-order valence-electron chi connectivity index (χ4n) is 3.67. The third kappa shape index (κ3) is 3.83. The van der Waals surface area contributed by atoms with Crippen molar-refractivity contribution >= 4 is 45.5 Å². The largest absolute Gasteiger partial charge is 0.482 e. The van der Waals surface area contributed by atoms with E-state index in [1.807, 2.05) is 23.6 Å². The lowest BCUT2D eigenvalue weighted by atomic mass is 10.1. The van der Waals surface area contributed by atoms with Gasteiger partial charge in [-0.1, -0.05) is 17.7 Å². The van der Waals surface area contributed by atoms with Crippen molar-refractivity contribution in [3.05, 3.63) is 85.8 Å². The predicted octanol–water partition coefficient (Wildman–Crippen LogP) is 5.17. The van der Waals surface area contributed by atoms with Crippen molar-refractivity contribution in [2.45, 2.75) is 19.4 Å². The number of carbonyl (C=O) groups is 1. The number of furan rings is 1. The molecule has 1 amide bonds. The van der Waals surface area contributed by atoms with E-state index in [2.05, 4.69) is 5.10 Å². The molecule has 1 unspecified atom stereocenters. The number of fused-ring (bicyclic) bond motifs is 1. The number of hydrogen-bond donors (Lipinski definition) is 0. The van der Waals surface area contributed by atoms with Crippen molar-refractivity contribution in [3.63, 3.8) is 0 Å². The maximum Gasteiger partial charge on any atom is 0.336 e. The van der Waals surface area contributed by atoms with Gasteiger partial charge in [-0.15, -0.1) is 11.3 Å². The first-order valence-electron chi connectivity index (χ1n) is 9.83. The Morgan fingerprint density at radius 3 is 2.94 bits per heavy atom. The number of nitrogens with zero attached hydrogens (tertiary/aromatic N) is 2. The van der Waals surface area contributed by atoms with Gasteiger partial charge in [0.2, 0.25) is 0 Å². The number of thiophene rings is 1. The SMILES string of the molecule is Cc1cc(=O)oc2cc(OCC(=O)N3N=C(c4cccs4)CC3c3ccco3)c(Cl)cc12. The van der Waals surface area contributed by atoms with Gasteiger partial charge in [-0.25, -0.2) is 9.80 Å². The summed E-state index contributed by atoms with van der Waals surface area (Å²) in [5.74, 6) is 0.548. The minimum absolute atomic E-state index is 0.248. The first-order chi connectivity index (χ1) is 15.5. The first-order valence-corrected chi connectivity index (χ1v) is 11.1. The van der Waals surface area contributed by atoms with Gasteiger partial charge in [-0.3, -0.25) is 4.79 Å². The van der Waals surface area contributed by atoms with E-state index in [1.165, 1.54) is 17.1 Å². The molecule has 32 heavy (non-hydrogen) atoms. The molecule has 0 fully saturated rings. The van der Waals surface area contributed by atoms with E-state index in [0.717, 1.165) is 16.2 Å². The van der Waals surface area contributed by atoms with Gasteiger partial charge in [0.1, 0.15) is 23.1 Å². The molecule has 0 saturated carbocycles. The molecule has 3 aromatic heterocycles. The fourth-order valence-corrected chi connectivity index (χ4v) is 4.61. The predicted molar refractivity (Wildman–Crippen MR) is 121 cm³/mol. The Morgan fingerprint density at radius 2 is 2.19 bits per heavy atom. The van der Waals surface area contributed by atoms with Crippen LogP contribution in [-0.4, -0.2) is 23.2 Å². The second kappa shape index (κ2) is 8.29. The van der Waals surface area contributed by atoms with Crippen molar-refractivity contribution in [1.29, 1.82) is 0 Å². The zero-order valence-electron chi connectivity index (χ0n) is 16.9. The number of carbonyl (C=O) groups excluding carboxylic acids is 1. The molecule has 1 aliphatic heterocycles. The molecular formula is C23H17ClN2O5S. The molecule has 4 heterocycles. The summed E-state index contributed by atoms with van der Waals surface area (Å²) >= 11 is 7.91. The van der Waals surface area contributed by atoms with Crippen molar-refractivity contribution in [2.24, 2.45) is 5.10 Å². The monoisotopic (exact) mass is 468 g/mol. The molecule has 0 bridgehead atoms. The van der Waals surface area contributed by atoms with E-state index in [0.29, 0.717) is 28.2 Å². The summed E-state index contributed by atoms with van der Waals surface area (Å²) in [6.45, 7) is 1.50. The molecule has 9 heteroatoms. The van der Waals surface area contributed by atoms with Crippen molar-refractivity contribution in [3.8, 4) is 5.75 Å². The lowest BCUT2D eigenvalue weighted by Gasteiger charge is -2.20. The van der Waals surface area contributed by atoms with E-state index < -0.39 is 5.63 Å². The quantitative estimate of drug-likeness (QED) is 0.377. The highest BCUT2D eigenvalue weighted by Crippen LogP contribution is 2.35. The molecule has 1 atom stereocenters. The molecule has 1 aromatic carbocycles. The number of ether oxygens (including phenoxy) is 1. The van der Waals surface area contributed by atoms with Gasteiger partial charge < -0.3 is 13.6 Å². The fraction of sp³-hybridized carbons (Fsp3) is 0.174. The standard InChI is InChI=1S/C23H17ClN2O5S/c1-13-8-23(28)31-19-11-20(15(24)9-14(13)19)30-12-22(27)26-17(18-4-2-6-29-18)10-16(25-26)21-5-3-7-32-21/h2-9,11,17H,10,12H2,1H3. The Bertz CT molecular complexity index is 1380. The van der Waals surface area contributed by atoms with E-state index in [4.69, 9.17) is 25.2 Å². The Morgan fingerprint density at radius 1 is 1.31 bits per heavy atom. The molecule has 0 radical (unpaired) electrons. The summed E-state index contributed by atoms with van der Waals surface area (Å²) < 4.78 is 16.5. The number of hydrazone groups is 1. The summed E-state index contributed by atoms with van der Waals surface area (Å²) in [5.41, 5.74) is 1.44. The Balaban J connectivity index is 1.39. The van der Waals surface area contributed by atoms with E-state index in [1.54, 1.807) is 36.7 Å². The number of halogens is 1. The molecule has 0 spiro atoms. The van der Waals surface area contributed by atoms with Crippen molar-refractivity contribution < 1.29 is 18.4 Å². The van der Waals surface area contributed by atoms with Gasteiger partial charge in [0.25, 0.3) is 5.91 Å². The highest BCUT2D eigenvalue weighted by Gasteiger charge is 2.35. The lowest BCUT2D eigenvalue weighted by molar-refractivity contribution is -0.135. The minimum Gasteiger partial charge on any atom is -0.482 e. The second-order valence-corrected chi connectivity index (χ2v) is 8.67. The summed E-state index contributed by atoms with van der Waals surface area (Å²) in [7, 11) is 0. The van der Waals surface area contributed by atoms with Crippen LogP contribution in [0.4, 0.5) is 0 Å². The van der Waals surface area contributed by atoms with Crippen LogP contribution >= 0.6 is 22.9 Å². The maximum atomic E-state index is 13.1. The Hall–Kier alpha value is -3.36. The van der Waals surface area contributed by atoms with Crippen LogP contribution in [0.25, 0.3) is 11.0 Å². The van der Waals surface area contributed by atoms with Crippen molar-refractivity contribution in [1.82, 2.24) is 5.01 Å². The molecule has 0 N–H and O–H groups in total. The lowest BCUT2D eigenvalue weighted by Crippen LogP contribution is -2.31. The van der Waals surface area contributed by atoms with Crippen LogP contribution in [-0.2, 0) is 4.79 Å². The maximum absolute atomic E-state index is 13.1. The number of rotatable bonds is 5. The molecule has 7 nitrogen and oxygen atoms in total. The zero-order chi connectivity index (χ0) is 22.2. The molecule has 4 aromatic rings. The molecular weight excluding hydrogens is 452 g/mol. The molecule has 0 aliphatic carbocycles. The average molecular weight is 469 g/mol. The van der Waals surface area contributed by atoms with Gasteiger partial charge in [0.05, 0.1) is 21.9 Å². The van der Waals surface area contributed by atoms with Crippen LogP contribution in [0.3, 0.4) is 0 Å². The molecule has 162 valence electrons. The van der Waals surface area contributed by atoms with Crippen LogP contribution in [0.5, 0.6) is 5.75 Å². The van der Waals surface area contributed by atoms with Gasteiger partial charge in [0.15, 0.2) is 6.61 Å². The van der Waals surface area contributed by atoms with Crippen LogP contribution < -0.4 is 10.4 Å². The third-order valence-electron chi connectivity index (χ3n) is 5.20. The number of aryl methyl sites for hydroxylation is 1. The smallest absolute Gasteiger partial charge is 0.336 e. The van der Waals surface area contributed by atoms with Crippen LogP contribution in [0.2, 0.25) is 5.02 Å². The Labute approximate surface area is 191 Å². The number of hydrogen-bond acceptors (Lipinski definition) is 7. The summed E-state index contributed by atoms with van der Waals surface area (Å²) in [6, 6.07) is 11.7. The molecule has 5 rings (SSSR count). The van der Waals surface area contributed by atoms with Crippen LogP contribution in [0, 0.1) is 6.92 Å². The second-order valence-electron chi connectivity index (χ2n) is 7.31. The summed E-state index contributed by atoms with van der Waals surface area (Å²) in [4.78, 5) is 25.8. The highest BCUT2D eigenvalue weighted by atomic mass is 35.5. The van der Waals surface area contributed by atoms with E-state index >= 15 is 0 Å². The van der Waals surface area contributed by atoms with E-state index in [-0.39, 0.29) is 24.3 Å². The summed E-state index contributed by atoms with van der Waals surface area (Å²) in [6.07, 6.45) is 2.11. The first kappa shape index (κ1) is 20.5. The normalized spacial score (nSPS) is 15.9. The summed E-state index contributed by atoms with van der Waals surface area (Å²) in [5, 5.41) is 8.94. The van der Waals surface area contributed by atoms with E-state index in [9.17, 15) is 9.59 Å². The zero-order valence-corrected chi connectivity index (χ0v) is 18.5. The minimum atomic E-state index is -0.465. The van der Waals surface area contributed by atoms with Gasteiger partial charge in [0, 0.05) is 23.9 Å². The number of amides is 1. The third-order valence-corrected chi connectivity index (χ3v) is 6.41. The number of benzene rings is 1. The topological polar surface area (TPSA) is 85.2 Å². The molecule has 0 saturated heterocycles. The Kier molecular flexibility index (Phi) is 5.32. The van der Waals surface area contributed by atoms with Gasteiger partial charge >= 0.3 is 5.63 Å². The average Bonchev–Trinajstić information content (AvgIpc) is 3.53. The van der Waals surface area contributed by atoms with Crippen LogP contribution in [0.1, 0.15) is 28.7 Å². The van der Waals surface area contributed by atoms with Crippen LogP contribution in [0.15, 0.2) is 72.8 Å². The van der Waals surface area contributed by atoms with Crippen molar-refractivity contribution in [2.75, 3.05) is 6.61 Å². The molecule has 1 aliphatic rings. The van der Waals surface area contributed by atoms with Gasteiger partial charge in [-0.05, 0) is 42.1 Å².